The zero-order chi connectivity index (χ0) is 42.2. The number of methoxy groups -OCH3 is 4. The third-order valence-corrected chi connectivity index (χ3v) is 9.78. The van der Waals surface area contributed by atoms with Crippen LogP contribution in [0.1, 0.15) is 28.3 Å². The topological polar surface area (TPSA) is 150 Å². The Kier molecular flexibility index (Phi) is 12.7. The van der Waals surface area contributed by atoms with Crippen molar-refractivity contribution in [2.24, 2.45) is 0 Å². The molecule has 60 heavy (non-hydrogen) atoms. The highest BCUT2D eigenvalue weighted by molar-refractivity contribution is 5.70. The van der Waals surface area contributed by atoms with Gasteiger partial charge >= 0.3 is 0 Å². The summed E-state index contributed by atoms with van der Waals surface area (Å²) in [6.07, 6.45) is 7.02. The molecule has 8 rings (SSSR count). The molecule has 0 atom stereocenters. The molecule has 0 fully saturated rings. The predicted molar refractivity (Wildman–Crippen MR) is 224 cm³/mol. The molecule has 0 saturated heterocycles. The van der Waals surface area contributed by atoms with Crippen LogP contribution < -0.4 is 9.47 Å². The molecule has 8 aromatic rings. The minimum Gasteiger partial charge on any atom is -0.481 e. The summed E-state index contributed by atoms with van der Waals surface area (Å²) in [5.41, 5.74) is 10.4. The van der Waals surface area contributed by atoms with Gasteiger partial charge in [0.1, 0.15) is 30.4 Å². The molecule has 0 unspecified atom stereocenters. The second kappa shape index (κ2) is 18.6. The molecule has 0 aliphatic heterocycles. The Morgan fingerprint density at radius 2 is 1.05 bits per heavy atom. The van der Waals surface area contributed by atoms with Crippen molar-refractivity contribution >= 4 is 0 Å². The maximum Gasteiger partial charge on any atom is 0.213 e. The van der Waals surface area contributed by atoms with E-state index in [2.05, 4.69) is 78.4 Å². The van der Waals surface area contributed by atoms with Crippen LogP contribution in [-0.2, 0) is 22.7 Å². The van der Waals surface area contributed by atoms with Crippen LogP contribution in [0.4, 0.5) is 4.39 Å². The number of halogens is 1. The van der Waals surface area contributed by atoms with Gasteiger partial charge in [0, 0.05) is 49.9 Å². The minimum absolute atomic E-state index is 0.257. The summed E-state index contributed by atoms with van der Waals surface area (Å²) in [5, 5.41) is 17.2. The van der Waals surface area contributed by atoms with Crippen LogP contribution in [0, 0.1) is 26.6 Å². The van der Waals surface area contributed by atoms with Crippen molar-refractivity contribution in [3.8, 4) is 68.4 Å². The van der Waals surface area contributed by atoms with Gasteiger partial charge in [0.05, 0.1) is 38.0 Å². The smallest absolute Gasteiger partial charge is 0.213 e. The SMILES string of the molecule is COCc1nnc(-c2ccc(-c3ccc(F)cc3C)cn2)n1-c1ccc(OC)nc1.COCc1nnc(-c2ccc(-c3cccc(C)c3C)cn2)n1-c1ccc(OC)nc1. The van der Waals surface area contributed by atoms with Gasteiger partial charge in [0.15, 0.2) is 23.3 Å². The Balaban J connectivity index is 0.000000181. The van der Waals surface area contributed by atoms with E-state index in [4.69, 9.17) is 18.9 Å². The van der Waals surface area contributed by atoms with Crippen molar-refractivity contribution in [3.05, 3.63) is 144 Å². The van der Waals surface area contributed by atoms with E-state index in [0.717, 1.165) is 39.3 Å². The maximum absolute atomic E-state index is 13.4. The van der Waals surface area contributed by atoms with E-state index in [1.54, 1.807) is 65.2 Å². The molecule has 0 spiro atoms. The predicted octanol–water partition coefficient (Wildman–Crippen LogP) is 8.16. The van der Waals surface area contributed by atoms with Gasteiger partial charge in [0.2, 0.25) is 11.8 Å². The lowest BCUT2D eigenvalue weighted by Gasteiger charge is -2.11. The molecule has 0 bridgehead atoms. The summed E-state index contributed by atoms with van der Waals surface area (Å²) >= 11 is 0. The van der Waals surface area contributed by atoms with Crippen molar-refractivity contribution in [1.29, 1.82) is 0 Å². The number of rotatable bonds is 12. The van der Waals surface area contributed by atoms with E-state index in [-0.39, 0.29) is 12.4 Å². The largest absolute Gasteiger partial charge is 0.481 e. The first-order valence-corrected chi connectivity index (χ1v) is 18.9. The number of hydrogen-bond donors (Lipinski definition) is 0. The summed E-state index contributed by atoms with van der Waals surface area (Å²) < 4.78 is 38.0. The van der Waals surface area contributed by atoms with Crippen molar-refractivity contribution in [3.63, 3.8) is 0 Å². The molecule has 2 aromatic carbocycles. The molecular weight excluding hydrogens is 764 g/mol. The molecule has 304 valence electrons. The van der Waals surface area contributed by atoms with Crippen molar-refractivity contribution in [1.82, 2.24) is 49.5 Å². The van der Waals surface area contributed by atoms with E-state index in [0.29, 0.717) is 47.4 Å². The summed E-state index contributed by atoms with van der Waals surface area (Å²) in [7, 11) is 6.38. The molecule has 6 aromatic heterocycles. The summed E-state index contributed by atoms with van der Waals surface area (Å²) in [4.78, 5) is 17.8. The minimum atomic E-state index is -0.257. The van der Waals surface area contributed by atoms with Gasteiger partial charge in [-0.3, -0.25) is 19.1 Å². The highest BCUT2D eigenvalue weighted by Gasteiger charge is 2.19. The molecule has 0 amide bonds. The van der Waals surface area contributed by atoms with Crippen molar-refractivity contribution in [2.75, 3.05) is 28.4 Å². The van der Waals surface area contributed by atoms with Gasteiger partial charge < -0.3 is 18.9 Å². The zero-order valence-corrected chi connectivity index (χ0v) is 34.3. The van der Waals surface area contributed by atoms with Crippen LogP contribution in [0.25, 0.3) is 56.7 Å². The highest BCUT2D eigenvalue weighted by Crippen LogP contribution is 2.29. The molecule has 0 aliphatic rings. The fourth-order valence-electron chi connectivity index (χ4n) is 6.59. The van der Waals surface area contributed by atoms with E-state index in [9.17, 15) is 4.39 Å². The average Bonchev–Trinajstić information content (AvgIpc) is 3.90. The second-order valence-electron chi connectivity index (χ2n) is 13.6. The Hall–Kier alpha value is -7.23. The molecule has 0 saturated carbocycles. The Bertz CT molecular complexity index is 2680. The Labute approximate surface area is 346 Å². The van der Waals surface area contributed by atoms with Gasteiger partial charge in [-0.15, -0.1) is 20.4 Å². The number of benzene rings is 2. The van der Waals surface area contributed by atoms with Gasteiger partial charge in [-0.2, -0.15) is 0 Å². The standard InChI is InChI=1S/C23H23N5O2.C22H20FN5O2/c1-15-6-5-7-19(16(15)2)17-8-10-20(24-12-17)23-27-26-21(14-29-3)28(23)18-9-11-22(30-4)25-13-18;1-14-10-16(23)5-7-18(14)15-4-8-19(24-11-15)22-27-26-20(13-29-2)28(22)17-6-9-21(30-3)25-12-17/h5-13H,14H2,1-4H3;4-12H,13H2,1-3H3. The third-order valence-electron chi connectivity index (χ3n) is 9.78. The van der Waals surface area contributed by atoms with Gasteiger partial charge in [-0.1, -0.05) is 36.4 Å². The van der Waals surface area contributed by atoms with Crippen LogP contribution >= 0.6 is 0 Å². The number of hydrogen-bond acceptors (Lipinski definition) is 12. The zero-order valence-electron chi connectivity index (χ0n) is 34.3. The molecule has 0 radical (unpaired) electrons. The van der Waals surface area contributed by atoms with Crippen LogP contribution in [0.2, 0.25) is 0 Å². The van der Waals surface area contributed by atoms with Gasteiger partial charge in [-0.25, -0.2) is 14.4 Å². The molecule has 14 nitrogen and oxygen atoms in total. The van der Waals surface area contributed by atoms with Gasteiger partial charge in [-0.05, 0) is 85.0 Å². The van der Waals surface area contributed by atoms with Crippen LogP contribution in [0.5, 0.6) is 11.8 Å². The first-order chi connectivity index (χ1) is 29.2. The molecule has 15 heteroatoms. The van der Waals surface area contributed by atoms with E-state index >= 15 is 0 Å². The van der Waals surface area contributed by atoms with E-state index in [1.807, 2.05) is 52.6 Å². The third kappa shape index (κ3) is 8.77. The lowest BCUT2D eigenvalue weighted by molar-refractivity contribution is 0.176. The summed E-state index contributed by atoms with van der Waals surface area (Å²) in [6, 6.07) is 26.2. The number of nitrogens with zero attached hydrogens (tertiary/aromatic N) is 10. The first kappa shape index (κ1) is 40.9. The van der Waals surface area contributed by atoms with Crippen LogP contribution in [0.15, 0.2) is 110 Å². The van der Waals surface area contributed by atoms with Crippen molar-refractivity contribution in [2.45, 2.75) is 34.0 Å². The average molecular weight is 807 g/mol. The molecule has 6 heterocycles. The summed E-state index contributed by atoms with van der Waals surface area (Å²) in [5.74, 6) is 3.28. The van der Waals surface area contributed by atoms with Crippen LogP contribution in [-0.4, -0.2) is 77.9 Å². The fourth-order valence-corrected chi connectivity index (χ4v) is 6.59. The quantitative estimate of drug-likeness (QED) is 0.117. The van der Waals surface area contributed by atoms with E-state index < -0.39 is 0 Å². The maximum atomic E-state index is 13.4. The number of aromatic nitrogens is 10. The normalized spacial score (nSPS) is 10.9. The Morgan fingerprint density at radius 1 is 0.517 bits per heavy atom. The fraction of sp³-hybridized carbons (Fsp3) is 0.200. The molecule has 0 aliphatic carbocycles. The van der Waals surface area contributed by atoms with Gasteiger partial charge in [0.25, 0.3) is 0 Å². The Morgan fingerprint density at radius 3 is 1.48 bits per heavy atom. The number of ether oxygens (including phenoxy) is 4. The highest BCUT2D eigenvalue weighted by atomic mass is 19.1. The molecular formula is C45H43FN10O4. The first-order valence-electron chi connectivity index (χ1n) is 18.9. The lowest BCUT2D eigenvalue weighted by Crippen LogP contribution is -2.05. The van der Waals surface area contributed by atoms with Crippen LogP contribution in [0.3, 0.4) is 0 Å². The molecule has 0 N–H and O–H groups in total. The monoisotopic (exact) mass is 806 g/mol. The lowest BCUT2D eigenvalue weighted by atomic mass is 9.98. The number of aryl methyl sites for hydroxylation is 2. The number of pyridine rings is 4. The summed E-state index contributed by atoms with van der Waals surface area (Å²) in [6.45, 7) is 6.72. The second-order valence-corrected chi connectivity index (χ2v) is 13.6. The van der Waals surface area contributed by atoms with E-state index in [1.165, 1.54) is 28.8 Å². The van der Waals surface area contributed by atoms with Crippen molar-refractivity contribution < 1.29 is 23.3 Å².